The Kier molecular flexibility index (Phi) is 4.72. The van der Waals surface area contributed by atoms with Crippen molar-refractivity contribution in [1.82, 2.24) is 5.32 Å². The minimum absolute atomic E-state index is 0.162. The summed E-state index contributed by atoms with van der Waals surface area (Å²) in [5.74, 6) is 0.613. The van der Waals surface area contributed by atoms with E-state index >= 15 is 0 Å². The van der Waals surface area contributed by atoms with E-state index in [2.05, 4.69) is 5.32 Å². The first-order chi connectivity index (χ1) is 7.94. The molecule has 0 aliphatic rings. The zero-order chi connectivity index (χ0) is 12.9. The second kappa shape index (κ2) is 5.84. The Morgan fingerprint density at radius 1 is 1.59 bits per heavy atom. The van der Waals surface area contributed by atoms with Gasteiger partial charge in [0, 0.05) is 26.7 Å². The molecule has 5 nitrogen and oxygen atoms in total. The van der Waals surface area contributed by atoms with E-state index in [0.717, 1.165) is 0 Å². The number of nitrogens with one attached hydrogen (secondary N) is 1. The molecule has 0 aliphatic heterocycles. The monoisotopic (exact) mass is 241 g/mol. The molecule has 1 aromatic heterocycles. The summed E-state index contributed by atoms with van der Waals surface area (Å²) in [5, 5.41) is 12.5. The van der Waals surface area contributed by atoms with E-state index in [1.54, 1.807) is 33.1 Å². The summed E-state index contributed by atoms with van der Waals surface area (Å²) in [4.78, 5) is 11.6. The highest BCUT2D eigenvalue weighted by atomic mass is 16.5. The van der Waals surface area contributed by atoms with Crippen molar-refractivity contribution in [2.45, 2.75) is 25.9 Å². The molecule has 1 rings (SSSR count). The lowest BCUT2D eigenvalue weighted by molar-refractivity contribution is 0.0240. The zero-order valence-electron chi connectivity index (χ0n) is 10.4. The third kappa shape index (κ3) is 4.58. The van der Waals surface area contributed by atoms with Crippen LogP contribution < -0.4 is 5.32 Å². The largest absolute Gasteiger partial charge is 0.456 e. The molecule has 0 radical (unpaired) electrons. The number of carbonyl (C=O) groups is 1. The summed E-state index contributed by atoms with van der Waals surface area (Å²) in [6.07, 6.45) is 0.459. The molecule has 5 heteroatoms. The summed E-state index contributed by atoms with van der Waals surface area (Å²) < 4.78 is 10.1. The van der Waals surface area contributed by atoms with Gasteiger partial charge in [-0.25, -0.2) is 0 Å². The number of furan rings is 1. The molecular weight excluding hydrogens is 222 g/mol. The summed E-state index contributed by atoms with van der Waals surface area (Å²) in [6.45, 7) is 4.03. The molecule has 0 aromatic carbocycles. The number of aliphatic hydroxyl groups is 1. The van der Waals surface area contributed by atoms with Crippen LogP contribution in [0.2, 0.25) is 0 Å². The number of carbonyl (C=O) groups excluding carboxylic acids is 1. The van der Waals surface area contributed by atoms with Crippen molar-refractivity contribution < 1.29 is 19.1 Å². The van der Waals surface area contributed by atoms with Crippen molar-refractivity contribution in [2.75, 3.05) is 20.3 Å². The number of methoxy groups -OCH3 is 1. The van der Waals surface area contributed by atoms with Crippen LogP contribution in [-0.4, -0.2) is 36.9 Å². The predicted molar refractivity (Wildman–Crippen MR) is 62.9 cm³/mol. The van der Waals surface area contributed by atoms with Gasteiger partial charge in [0.15, 0.2) is 5.76 Å². The highest BCUT2D eigenvalue weighted by Crippen LogP contribution is 2.09. The van der Waals surface area contributed by atoms with Crippen LogP contribution in [-0.2, 0) is 4.74 Å². The van der Waals surface area contributed by atoms with E-state index in [0.29, 0.717) is 18.8 Å². The summed E-state index contributed by atoms with van der Waals surface area (Å²) in [5.41, 5.74) is -0.979. The molecule has 2 N–H and O–H groups in total. The molecule has 96 valence electrons. The molecule has 0 bridgehead atoms. The highest BCUT2D eigenvalue weighted by Gasteiger charge is 2.21. The molecule has 0 aliphatic carbocycles. The maximum Gasteiger partial charge on any atom is 0.287 e. The standard InChI is InChI=1S/C12H19NO4/c1-9-4-5-10(17-9)11(14)13-8-12(2,15)6-7-16-3/h4-5,15H,6-8H2,1-3H3,(H,13,14). The SMILES string of the molecule is COCCC(C)(O)CNC(=O)c1ccc(C)o1. The smallest absolute Gasteiger partial charge is 0.287 e. The zero-order valence-corrected chi connectivity index (χ0v) is 10.4. The molecule has 1 atom stereocenters. The molecule has 0 spiro atoms. The van der Waals surface area contributed by atoms with Gasteiger partial charge in [-0.1, -0.05) is 0 Å². The van der Waals surface area contributed by atoms with Gasteiger partial charge >= 0.3 is 0 Å². The lowest BCUT2D eigenvalue weighted by Crippen LogP contribution is -2.41. The third-order valence-electron chi connectivity index (χ3n) is 2.44. The Bertz CT molecular complexity index is 370. The van der Waals surface area contributed by atoms with Crippen LogP contribution in [0.1, 0.15) is 29.7 Å². The van der Waals surface area contributed by atoms with Crippen molar-refractivity contribution in [3.63, 3.8) is 0 Å². The van der Waals surface area contributed by atoms with Crippen LogP contribution in [0.5, 0.6) is 0 Å². The summed E-state index contributed by atoms with van der Waals surface area (Å²) in [7, 11) is 1.57. The van der Waals surface area contributed by atoms with Gasteiger partial charge in [0.1, 0.15) is 5.76 Å². The van der Waals surface area contributed by atoms with E-state index < -0.39 is 5.60 Å². The van der Waals surface area contributed by atoms with Gasteiger partial charge in [0.05, 0.1) is 5.60 Å². The topological polar surface area (TPSA) is 71.7 Å². The molecule has 0 saturated carbocycles. The molecule has 17 heavy (non-hydrogen) atoms. The molecule has 1 aromatic rings. The Labute approximate surface area is 101 Å². The quantitative estimate of drug-likeness (QED) is 0.782. The number of amides is 1. The van der Waals surface area contributed by atoms with E-state index in [1.165, 1.54) is 0 Å². The highest BCUT2D eigenvalue weighted by molar-refractivity contribution is 5.91. The lowest BCUT2D eigenvalue weighted by atomic mass is 10.0. The first kappa shape index (κ1) is 13.7. The van der Waals surface area contributed by atoms with E-state index in [9.17, 15) is 9.90 Å². The van der Waals surface area contributed by atoms with Crippen LogP contribution in [0.15, 0.2) is 16.5 Å². The van der Waals surface area contributed by atoms with Crippen molar-refractivity contribution in [3.8, 4) is 0 Å². The summed E-state index contributed by atoms with van der Waals surface area (Å²) in [6, 6.07) is 3.33. The van der Waals surface area contributed by atoms with Crippen molar-refractivity contribution in [3.05, 3.63) is 23.7 Å². The van der Waals surface area contributed by atoms with Gasteiger partial charge in [-0.3, -0.25) is 4.79 Å². The van der Waals surface area contributed by atoms with Crippen LogP contribution in [0.3, 0.4) is 0 Å². The normalized spacial score (nSPS) is 14.4. The Balaban J connectivity index is 2.42. The predicted octanol–water partition coefficient (Wildman–Crippen LogP) is 1.11. The number of aryl methyl sites for hydroxylation is 1. The van der Waals surface area contributed by atoms with Gasteiger partial charge in [0.2, 0.25) is 0 Å². The molecular formula is C12H19NO4. The Morgan fingerprint density at radius 3 is 2.82 bits per heavy atom. The van der Waals surface area contributed by atoms with Gasteiger partial charge in [-0.15, -0.1) is 0 Å². The second-order valence-electron chi connectivity index (χ2n) is 4.33. The lowest BCUT2D eigenvalue weighted by Gasteiger charge is -2.22. The fourth-order valence-corrected chi connectivity index (χ4v) is 1.32. The third-order valence-corrected chi connectivity index (χ3v) is 2.44. The van der Waals surface area contributed by atoms with Crippen LogP contribution in [0, 0.1) is 6.92 Å². The Morgan fingerprint density at radius 2 is 2.29 bits per heavy atom. The maximum absolute atomic E-state index is 11.6. The molecule has 1 heterocycles. The van der Waals surface area contributed by atoms with Crippen LogP contribution in [0.4, 0.5) is 0 Å². The molecule has 1 unspecified atom stereocenters. The number of hydrogen-bond acceptors (Lipinski definition) is 4. The van der Waals surface area contributed by atoms with E-state index in [-0.39, 0.29) is 18.2 Å². The number of hydrogen-bond donors (Lipinski definition) is 2. The van der Waals surface area contributed by atoms with Crippen LogP contribution >= 0.6 is 0 Å². The fraction of sp³-hybridized carbons (Fsp3) is 0.583. The maximum atomic E-state index is 11.6. The minimum atomic E-state index is -0.979. The summed E-state index contributed by atoms with van der Waals surface area (Å²) >= 11 is 0. The number of ether oxygens (including phenoxy) is 1. The van der Waals surface area contributed by atoms with Gasteiger partial charge in [0.25, 0.3) is 5.91 Å². The first-order valence-electron chi connectivity index (χ1n) is 5.50. The second-order valence-corrected chi connectivity index (χ2v) is 4.33. The van der Waals surface area contributed by atoms with Crippen molar-refractivity contribution in [1.29, 1.82) is 0 Å². The van der Waals surface area contributed by atoms with Gasteiger partial charge in [-0.2, -0.15) is 0 Å². The van der Waals surface area contributed by atoms with Crippen molar-refractivity contribution >= 4 is 5.91 Å². The van der Waals surface area contributed by atoms with Crippen LogP contribution in [0.25, 0.3) is 0 Å². The number of rotatable bonds is 6. The molecule has 0 fully saturated rings. The average Bonchev–Trinajstić information content (AvgIpc) is 2.70. The Hall–Kier alpha value is -1.33. The van der Waals surface area contributed by atoms with Gasteiger partial charge < -0.3 is 19.6 Å². The first-order valence-corrected chi connectivity index (χ1v) is 5.50. The van der Waals surface area contributed by atoms with Crippen molar-refractivity contribution in [2.24, 2.45) is 0 Å². The van der Waals surface area contributed by atoms with E-state index in [1.807, 2.05) is 0 Å². The molecule has 0 saturated heterocycles. The molecule has 1 amide bonds. The van der Waals surface area contributed by atoms with E-state index in [4.69, 9.17) is 9.15 Å². The fourth-order valence-electron chi connectivity index (χ4n) is 1.32. The average molecular weight is 241 g/mol. The van der Waals surface area contributed by atoms with Gasteiger partial charge in [-0.05, 0) is 26.0 Å². The minimum Gasteiger partial charge on any atom is -0.456 e.